The van der Waals surface area contributed by atoms with Gasteiger partial charge in [0.1, 0.15) is 10.8 Å². The number of aryl methyl sites for hydroxylation is 1. The van der Waals surface area contributed by atoms with Crippen LogP contribution in [0.25, 0.3) is 11.0 Å². The van der Waals surface area contributed by atoms with E-state index in [4.69, 9.17) is 11.6 Å². The van der Waals surface area contributed by atoms with Crippen LogP contribution in [-0.2, 0) is 17.8 Å². The summed E-state index contributed by atoms with van der Waals surface area (Å²) < 4.78 is 0. The van der Waals surface area contributed by atoms with Gasteiger partial charge in [-0.25, -0.2) is 9.97 Å². The van der Waals surface area contributed by atoms with Crippen LogP contribution in [-0.4, -0.2) is 20.9 Å². The fourth-order valence-corrected chi connectivity index (χ4v) is 2.87. The van der Waals surface area contributed by atoms with Crippen molar-refractivity contribution >= 4 is 39.9 Å². The standard InChI is InChI=1S/C14H13ClN4OS/c1-8-7-21-14(17-8)6-16-13(20)5-12-18-10-3-2-9(15)4-11(10)19-12/h2-4,7H,5-6H2,1H3,(H,16,20)(H,18,19). The molecule has 2 N–H and O–H groups in total. The fourth-order valence-electron chi connectivity index (χ4n) is 1.99. The van der Waals surface area contributed by atoms with Gasteiger partial charge in [-0.15, -0.1) is 11.3 Å². The molecule has 0 aliphatic rings. The van der Waals surface area contributed by atoms with Crippen LogP contribution >= 0.6 is 22.9 Å². The Bertz CT molecular complexity index is 795. The molecule has 1 amide bonds. The zero-order chi connectivity index (χ0) is 14.8. The number of H-pyrrole nitrogens is 1. The lowest BCUT2D eigenvalue weighted by Gasteiger charge is -2.00. The number of aromatic nitrogens is 3. The number of thiazole rings is 1. The molecule has 0 aliphatic carbocycles. The van der Waals surface area contributed by atoms with Gasteiger partial charge in [-0.3, -0.25) is 4.79 Å². The summed E-state index contributed by atoms with van der Waals surface area (Å²) in [6, 6.07) is 5.40. The van der Waals surface area contributed by atoms with Gasteiger partial charge in [-0.2, -0.15) is 0 Å². The van der Waals surface area contributed by atoms with Crippen LogP contribution in [0.1, 0.15) is 16.5 Å². The third kappa shape index (κ3) is 3.40. The molecular formula is C14H13ClN4OS. The molecule has 21 heavy (non-hydrogen) atoms. The third-order valence-electron chi connectivity index (χ3n) is 2.92. The number of aromatic amines is 1. The van der Waals surface area contributed by atoms with Gasteiger partial charge in [0.25, 0.3) is 0 Å². The molecule has 0 fully saturated rings. The molecule has 0 spiro atoms. The van der Waals surface area contributed by atoms with E-state index >= 15 is 0 Å². The zero-order valence-corrected chi connectivity index (χ0v) is 12.9. The topological polar surface area (TPSA) is 70.7 Å². The fraction of sp³-hybridized carbons (Fsp3) is 0.214. The Morgan fingerprint density at radius 3 is 3.05 bits per heavy atom. The maximum absolute atomic E-state index is 11.9. The molecule has 0 saturated heterocycles. The SMILES string of the molecule is Cc1csc(CNC(=O)Cc2nc3ccc(Cl)cc3[nH]2)n1. The van der Waals surface area contributed by atoms with E-state index in [0.717, 1.165) is 21.7 Å². The number of nitrogens with zero attached hydrogens (tertiary/aromatic N) is 2. The van der Waals surface area contributed by atoms with Crippen LogP contribution < -0.4 is 5.32 Å². The molecule has 2 aromatic heterocycles. The van der Waals surface area contributed by atoms with Crippen LogP contribution in [0, 0.1) is 6.92 Å². The molecule has 1 aromatic carbocycles. The van der Waals surface area contributed by atoms with Gasteiger partial charge in [0.05, 0.1) is 24.0 Å². The van der Waals surface area contributed by atoms with Crippen molar-refractivity contribution in [2.75, 3.05) is 0 Å². The number of hydrogen-bond acceptors (Lipinski definition) is 4. The van der Waals surface area contributed by atoms with Gasteiger partial charge in [0, 0.05) is 16.1 Å². The largest absolute Gasteiger partial charge is 0.349 e. The van der Waals surface area contributed by atoms with Crippen molar-refractivity contribution in [2.45, 2.75) is 19.9 Å². The van der Waals surface area contributed by atoms with E-state index in [0.29, 0.717) is 17.4 Å². The minimum Gasteiger partial charge on any atom is -0.349 e. The molecule has 0 radical (unpaired) electrons. The van der Waals surface area contributed by atoms with E-state index in [2.05, 4.69) is 20.3 Å². The van der Waals surface area contributed by atoms with Crippen molar-refractivity contribution in [2.24, 2.45) is 0 Å². The summed E-state index contributed by atoms with van der Waals surface area (Å²) in [4.78, 5) is 23.7. The lowest BCUT2D eigenvalue weighted by atomic mass is 10.3. The summed E-state index contributed by atoms with van der Waals surface area (Å²) in [7, 11) is 0. The molecule has 0 atom stereocenters. The summed E-state index contributed by atoms with van der Waals surface area (Å²) in [5.41, 5.74) is 2.61. The second kappa shape index (κ2) is 5.83. The highest BCUT2D eigenvalue weighted by Gasteiger charge is 2.09. The first-order valence-electron chi connectivity index (χ1n) is 6.42. The Morgan fingerprint density at radius 2 is 2.29 bits per heavy atom. The number of carbonyl (C=O) groups excluding carboxylic acids is 1. The van der Waals surface area contributed by atoms with E-state index in [9.17, 15) is 4.79 Å². The number of carbonyl (C=O) groups is 1. The monoisotopic (exact) mass is 320 g/mol. The van der Waals surface area contributed by atoms with Crippen LogP contribution in [0.3, 0.4) is 0 Å². The Kier molecular flexibility index (Phi) is 3.90. The summed E-state index contributed by atoms with van der Waals surface area (Å²) in [5.74, 6) is 0.535. The number of halogens is 1. The minimum atomic E-state index is -0.0898. The van der Waals surface area contributed by atoms with Crippen molar-refractivity contribution in [1.82, 2.24) is 20.3 Å². The lowest BCUT2D eigenvalue weighted by Crippen LogP contribution is -2.24. The zero-order valence-electron chi connectivity index (χ0n) is 11.3. The number of hydrogen-bond donors (Lipinski definition) is 2. The number of benzene rings is 1. The summed E-state index contributed by atoms with van der Waals surface area (Å²) in [6.07, 6.45) is 0.205. The highest BCUT2D eigenvalue weighted by atomic mass is 35.5. The van der Waals surface area contributed by atoms with Crippen molar-refractivity contribution in [3.8, 4) is 0 Å². The van der Waals surface area contributed by atoms with Crippen LogP contribution in [0.4, 0.5) is 0 Å². The van der Waals surface area contributed by atoms with E-state index in [1.54, 1.807) is 12.1 Å². The Labute approximate surface area is 130 Å². The molecule has 5 nitrogen and oxygen atoms in total. The van der Waals surface area contributed by atoms with Gasteiger partial charge in [0.15, 0.2) is 0 Å². The molecule has 0 unspecified atom stereocenters. The first kappa shape index (κ1) is 14.0. The summed E-state index contributed by atoms with van der Waals surface area (Å²) in [6.45, 7) is 2.38. The van der Waals surface area contributed by atoms with Crippen LogP contribution in [0.15, 0.2) is 23.6 Å². The molecule has 3 aromatic rings. The predicted octanol–water partition coefficient (Wildman–Crippen LogP) is 2.84. The van der Waals surface area contributed by atoms with E-state index in [-0.39, 0.29) is 12.3 Å². The Hall–Kier alpha value is -1.92. The summed E-state index contributed by atoms with van der Waals surface area (Å²) >= 11 is 7.46. The maximum Gasteiger partial charge on any atom is 0.227 e. The minimum absolute atomic E-state index is 0.0898. The second-order valence-electron chi connectivity index (χ2n) is 4.68. The van der Waals surface area contributed by atoms with Gasteiger partial charge in [-0.1, -0.05) is 11.6 Å². The number of imidazole rings is 1. The summed E-state index contributed by atoms with van der Waals surface area (Å²) in [5, 5.41) is 6.34. The maximum atomic E-state index is 11.9. The van der Waals surface area contributed by atoms with E-state index in [1.807, 2.05) is 18.4 Å². The van der Waals surface area contributed by atoms with E-state index in [1.165, 1.54) is 11.3 Å². The van der Waals surface area contributed by atoms with Crippen molar-refractivity contribution in [3.05, 3.63) is 45.1 Å². The number of nitrogens with one attached hydrogen (secondary N) is 2. The molecule has 0 bridgehead atoms. The molecule has 7 heteroatoms. The molecule has 2 heterocycles. The first-order valence-corrected chi connectivity index (χ1v) is 7.68. The second-order valence-corrected chi connectivity index (χ2v) is 6.06. The van der Waals surface area contributed by atoms with Gasteiger partial charge in [0.2, 0.25) is 5.91 Å². The average molecular weight is 321 g/mol. The highest BCUT2D eigenvalue weighted by Crippen LogP contribution is 2.17. The van der Waals surface area contributed by atoms with E-state index < -0.39 is 0 Å². The number of amides is 1. The Morgan fingerprint density at radius 1 is 1.43 bits per heavy atom. The van der Waals surface area contributed by atoms with Gasteiger partial charge < -0.3 is 10.3 Å². The molecule has 0 aliphatic heterocycles. The van der Waals surface area contributed by atoms with Crippen LogP contribution in [0.5, 0.6) is 0 Å². The van der Waals surface area contributed by atoms with Crippen molar-refractivity contribution in [3.63, 3.8) is 0 Å². The number of rotatable bonds is 4. The quantitative estimate of drug-likeness (QED) is 0.776. The lowest BCUT2D eigenvalue weighted by molar-refractivity contribution is -0.120. The van der Waals surface area contributed by atoms with Crippen LogP contribution in [0.2, 0.25) is 5.02 Å². The van der Waals surface area contributed by atoms with Gasteiger partial charge >= 0.3 is 0 Å². The average Bonchev–Trinajstić information content (AvgIpc) is 3.01. The normalized spacial score (nSPS) is 11.0. The first-order chi connectivity index (χ1) is 10.1. The highest BCUT2D eigenvalue weighted by molar-refractivity contribution is 7.09. The van der Waals surface area contributed by atoms with Crippen molar-refractivity contribution in [1.29, 1.82) is 0 Å². The van der Waals surface area contributed by atoms with Crippen molar-refractivity contribution < 1.29 is 4.79 Å². The third-order valence-corrected chi connectivity index (χ3v) is 4.13. The molecule has 3 rings (SSSR count). The molecule has 108 valence electrons. The predicted molar refractivity (Wildman–Crippen MR) is 83.5 cm³/mol. The van der Waals surface area contributed by atoms with Gasteiger partial charge in [-0.05, 0) is 25.1 Å². The Balaban J connectivity index is 1.63. The molecule has 0 saturated carbocycles. The number of fused-ring (bicyclic) bond motifs is 1. The smallest absolute Gasteiger partial charge is 0.227 e. The molecular weight excluding hydrogens is 308 g/mol.